The number of carbonyl (C=O) groups excluding carboxylic acids is 1. The van der Waals surface area contributed by atoms with E-state index in [0.717, 1.165) is 0 Å². The Balaban J connectivity index is 2.73. The molecule has 1 aromatic carbocycles. The first-order valence-electron chi connectivity index (χ1n) is 6.29. The van der Waals surface area contributed by atoms with Gasteiger partial charge in [0.25, 0.3) is 5.91 Å². The fourth-order valence-corrected chi connectivity index (χ4v) is 1.72. The maximum Gasteiger partial charge on any atom is 0.263 e. The van der Waals surface area contributed by atoms with Gasteiger partial charge in [-0.3, -0.25) is 4.79 Å². The lowest BCUT2D eigenvalue weighted by Crippen LogP contribution is -2.42. The van der Waals surface area contributed by atoms with Crippen molar-refractivity contribution in [2.45, 2.75) is 13.0 Å². The number of hydrogen-bond donors (Lipinski definition) is 1. The molecule has 0 aliphatic rings. The molecule has 0 bridgehead atoms. The normalized spacial score (nSPS) is 11.2. The molecule has 5 heteroatoms. The summed E-state index contributed by atoms with van der Waals surface area (Å²) in [6.45, 7) is 5.68. The SMILES string of the molecule is C=CCN(CCO)C(=O)C(C)Oc1cccc(C#N)c1. The molecular formula is C15H18N2O3. The van der Waals surface area contributed by atoms with Crippen molar-refractivity contribution in [2.75, 3.05) is 19.7 Å². The number of carbonyl (C=O) groups is 1. The van der Waals surface area contributed by atoms with Gasteiger partial charge in [-0.15, -0.1) is 6.58 Å². The Hall–Kier alpha value is -2.32. The molecule has 106 valence electrons. The van der Waals surface area contributed by atoms with E-state index >= 15 is 0 Å². The molecule has 0 fully saturated rings. The summed E-state index contributed by atoms with van der Waals surface area (Å²) in [6.07, 6.45) is 0.895. The molecule has 0 aliphatic carbocycles. The van der Waals surface area contributed by atoms with Crippen LogP contribution in [0.15, 0.2) is 36.9 Å². The molecule has 0 saturated heterocycles. The number of ether oxygens (including phenoxy) is 1. The largest absolute Gasteiger partial charge is 0.481 e. The van der Waals surface area contributed by atoms with Crippen molar-refractivity contribution in [1.29, 1.82) is 5.26 Å². The number of nitrogens with zero attached hydrogens (tertiary/aromatic N) is 2. The molecule has 1 aromatic rings. The van der Waals surface area contributed by atoms with Gasteiger partial charge in [0.05, 0.1) is 18.2 Å². The lowest BCUT2D eigenvalue weighted by Gasteiger charge is -2.24. The lowest BCUT2D eigenvalue weighted by molar-refractivity contribution is -0.137. The van der Waals surface area contributed by atoms with Crippen LogP contribution in [0.4, 0.5) is 0 Å². The summed E-state index contributed by atoms with van der Waals surface area (Å²) in [6, 6.07) is 8.63. The summed E-state index contributed by atoms with van der Waals surface area (Å²) >= 11 is 0. The van der Waals surface area contributed by atoms with Gasteiger partial charge in [0.15, 0.2) is 6.10 Å². The van der Waals surface area contributed by atoms with Crippen LogP contribution >= 0.6 is 0 Å². The van der Waals surface area contributed by atoms with Gasteiger partial charge < -0.3 is 14.7 Å². The third-order valence-corrected chi connectivity index (χ3v) is 2.65. The molecule has 0 spiro atoms. The second-order valence-electron chi connectivity index (χ2n) is 4.20. The van der Waals surface area contributed by atoms with E-state index in [1.54, 1.807) is 37.3 Å². The highest BCUT2D eigenvalue weighted by Crippen LogP contribution is 2.15. The molecule has 0 radical (unpaired) electrons. The van der Waals surface area contributed by atoms with Gasteiger partial charge in [-0.25, -0.2) is 0 Å². The monoisotopic (exact) mass is 274 g/mol. The zero-order chi connectivity index (χ0) is 15.0. The molecule has 1 atom stereocenters. The van der Waals surface area contributed by atoms with Crippen molar-refractivity contribution in [3.63, 3.8) is 0 Å². The molecule has 0 aliphatic heterocycles. The molecule has 0 heterocycles. The maximum absolute atomic E-state index is 12.2. The summed E-state index contributed by atoms with van der Waals surface area (Å²) in [5, 5.41) is 17.8. The Morgan fingerprint density at radius 3 is 3.00 bits per heavy atom. The van der Waals surface area contributed by atoms with Crippen LogP contribution < -0.4 is 4.74 Å². The maximum atomic E-state index is 12.2. The van der Waals surface area contributed by atoms with Crippen LogP contribution in [0.25, 0.3) is 0 Å². The van der Waals surface area contributed by atoms with Crippen LogP contribution in [-0.4, -0.2) is 41.7 Å². The number of benzene rings is 1. The molecule has 20 heavy (non-hydrogen) atoms. The average Bonchev–Trinajstić information content (AvgIpc) is 2.46. The standard InChI is InChI=1S/C15H18N2O3/c1-3-7-17(8-9-18)15(19)12(2)20-14-6-4-5-13(10-14)11-16/h3-6,10,12,18H,1,7-9H2,2H3. The molecule has 1 amide bonds. The van der Waals surface area contributed by atoms with Crippen LogP contribution in [0, 0.1) is 11.3 Å². The smallest absolute Gasteiger partial charge is 0.263 e. The molecule has 0 aromatic heterocycles. The predicted molar refractivity (Wildman–Crippen MR) is 75.1 cm³/mol. The Bertz CT molecular complexity index is 508. The molecule has 1 N–H and O–H groups in total. The molecule has 5 nitrogen and oxygen atoms in total. The zero-order valence-electron chi connectivity index (χ0n) is 11.5. The highest BCUT2D eigenvalue weighted by Gasteiger charge is 2.20. The molecular weight excluding hydrogens is 256 g/mol. The fraction of sp³-hybridized carbons (Fsp3) is 0.333. The highest BCUT2D eigenvalue weighted by atomic mass is 16.5. The summed E-state index contributed by atoms with van der Waals surface area (Å²) in [5.41, 5.74) is 0.473. The quantitative estimate of drug-likeness (QED) is 0.761. The summed E-state index contributed by atoms with van der Waals surface area (Å²) in [7, 11) is 0. The van der Waals surface area contributed by atoms with E-state index in [1.807, 2.05) is 6.07 Å². The summed E-state index contributed by atoms with van der Waals surface area (Å²) in [4.78, 5) is 13.6. The van der Waals surface area contributed by atoms with Crippen molar-refractivity contribution >= 4 is 5.91 Å². The van der Waals surface area contributed by atoms with E-state index in [2.05, 4.69) is 6.58 Å². The minimum atomic E-state index is -0.699. The third kappa shape index (κ3) is 4.41. The van der Waals surface area contributed by atoms with Gasteiger partial charge in [0, 0.05) is 13.1 Å². The number of amides is 1. The Morgan fingerprint density at radius 1 is 1.65 bits per heavy atom. The first-order chi connectivity index (χ1) is 9.62. The van der Waals surface area contributed by atoms with E-state index in [0.29, 0.717) is 17.9 Å². The fourth-order valence-electron chi connectivity index (χ4n) is 1.72. The molecule has 1 rings (SSSR count). The number of aliphatic hydroxyl groups excluding tert-OH is 1. The van der Waals surface area contributed by atoms with Crippen molar-refractivity contribution in [3.05, 3.63) is 42.5 Å². The van der Waals surface area contributed by atoms with Crippen molar-refractivity contribution in [2.24, 2.45) is 0 Å². The number of nitriles is 1. The second-order valence-corrected chi connectivity index (χ2v) is 4.20. The van der Waals surface area contributed by atoms with Gasteiger partial charge in [0.1, 0.15) is 5.75 Å². The van der Waals surface area contributed by atoms with Gasteiger partial charge in [-0.2, -0.15) is 5.26 Å². The first-order valence-corrected chi connectivity index (χ1v) is 6.29. The van der Waals surface area contributed by atoms with Gasteiger partial charge in [-0.1, -0.05) is 12.1 Å². The Morgan fingerprint density at radius 2 is 2.40 bits per heavy atom. The minimum Gasteiger partial charge on any atom is -0.481 e. The van der Waals surface area contributed by atoms with Crippen molar-refractivity contribution in [1.82, 2.24) is 4.90 Å². The number of rotatable bonds is 7. The Labute approximate surface area is 118 Å². The van der Waals surface area contributed by atoms with Gasteiger partial charge in [-0.05, 0) is 25.1 Å². The minimum absolute atomic E-state index is 0.115. The average molecular weight is 274 g/mol. The van der Waals surface area contributed by atoms with Crippen molar-refractivity contribution < 1.29 is 14.6 Å². The van der Waals surface area contributed by atoms with E-state index < -0.39 is 6.10 Å². The zero-order valence-corrected chi connectivity index (χ0v) is 11.5. The third-order valence-electron chi connectivity index (χ3n) is 2.65. The number of hydrogen-bond acceptors (Lipinski definition) is 4. The van der Waals surface area contributed by atoms with Gasteiger partial charge >= 0.3 is 0 Å². The lowest BCUT2D eigenvalue weighted by atomic mass is 10.2. The second kappa shape index (κ2) is 7.97. The number of aliphatic hydroxyl groups is 1. The predicted octanol–water partition coefficient (Wildman–Crippen LogP) is 1.33. The van der Waals surface area contributed by atoms with Crippen molar-refractivity contribution in [3.8, 4) is 11.8 Å². The van der Waals surface area contributed by atoms with Crippen LogP contribution in [0.2, 0.25) is 0 Å². The Kier molecular flexibility index (Phi) is 6.27. The van der Waals surface area contributed by atoms with E-state index in [1.165, 1.54) is 4.90 Å². The van der Waals surface area contributed by atoms with E-state index in [-0.39, 0.29) is 19.1 Å². The first kappa shape index (κ1) is 15.7. The molecule has 0 saturated carbocycles. The van der Waals surface area contributed by atoms with Crippen LogP contribution in [-0.2, 0) is 4.79 Å². The van der Waals surface area contributed by atoms with E-state index in [9.17, 15) is 4.79 Å². The van der Waals surface area contributed by atoms with Crippen LogP contribution in [0.1, 0.15) is 12.5 Å². The van der Waals surface area contributed by atoms with Gasteiger partial charge in [0.2, 0.25) is 0 Å². The van der Waals surface area contributed by atoms with E-state index in [4.69, 9.17) is 15.1 Å². The summed E-state index contributed by atoms with van der Waals surface area (Å²) < 4.78 is 5.53. The summed E-state index contributed by atoms with van der Waals surface area (Å²) in [5.74, 6) is 0.230. The highest BCUT2D eigenvalue weighted by molar-refractivity contribution is 5.81. The van der Waals surface area contributed by atoms with Crippen LogP contribution in [0.5, 0.6) is 5.75 Å². The molecule has 1 unspecified atom stereocenters. The topological polar surface area (TPSA) is 73.6 Å². The van der Waals surface area contributed by atoms with Crippen LogP contribution in [0.3, 0.4) is 0 Å².